The van der Waals surface area contributed by atoms with Gasteiger partial charge in [0.1, 0.15) is 10.6 Å². The monoisotopic (exact) mass is 390 g/mol. The molecule has 3 rings (SSSR count). The van der Waals surface area contributed by atoms with Crippen LogP contribution >= 0.6 is 23.1 Å². The number of rotatable bonds is 7. The lowest BCUT2D eigenvalue weighted by Crippen LogP contribution is -2.09. The van der Waals surface area contributed by atoms with Crippen LogP contribution in [0.2, 0.25) is 0 Å². The molecule has 0 aliphatic carbocycles. The summed E-state index contributed by atoms with van der Waals surface area (Å²) in [5.74, 6) is 0.504. The first-order valence-electron chi connectivity index (χ1n) is 8.02. The number of fused-ring (bicyclic) bond motifs is 1. The van der Waals surface area contributed by atoms with Gasteiger partial charge in [-0.1, -0.05) is 23.9 Å². The van der Waals surface area contributed by atoms with Crippen LogP contribution in [-0.2, 0) is 4.79 Å². The zero-order valence-electron chi connectivity index (χ0n) is 14.4. The molecule has 0 atom stereocenters. The molecule has 1 aromatic carbocycles. The van der Waals surface area contributed by atoms with Gasteiger partial charge in [0.05, 0.1) is 12.5 Å². The van der Waals surface area contributed by atoms with Crippen molar-refractivity contribution in [1.29, 1.82) is 0 Å². The number of carboxylic acids is 1. The number of thioether (sulfide) groups is 1. The van der Waals surface area contributed by atoms with E-state index in [0.717, 1.165) is 21.8 Å². The summed E-state index contributed by atoms with van der Waals surface area (Å²) in [5, 5.41) is 9.78. The topological polar surface area (TPSA) is 92.3 Å². The first-order valence-corrected chi connectivity index (χ1v) is 9.82. The summed E-state index contributed by atoms with van der Waals surface area (Å²) >= 11 is 2.85. The Morgan fingerprint density at radius 2 is 2.23 bits per heavy atom. The maximum atomic E-state index is 12.7. The molecule has 8 heteroatoms. The number of aromatic amines is 1. The van der Waals surface area contributed by atoms with Gasteiger partial charge >= 0.3 is 5.97 Å². The van der Waals surface area contributed by atoms with Crippen LogP contribution in [0.25, 0.3) is 21.3 Å². The Kier molecular flexibility index (Phi) is 5.63. The van der Waals surface area contributed by atoms with Crippen molar-refractivity contribution in [2.45, 2.75) is 24.9 Å². The number of hydrogen-bond acceptors (Lipinski definition) is 6. The number of thiophene rings is 1. The van der Waals surface area contributed by atoms with Crippen molar-refractivity contribution in [2.24, 2.45) is 0 Å². The zero-order valence-corrected chi connectivity index (χ0v) is 16.0. The van der Waals surface area contributed by atoms with Gasteiger partial charge in [0.15, 0.2) is 5.16 Å². The number of nitrogens with one attached hydrogen (secondary N) is 1. The van der Waals surface area contributed by atoms with Crippen LogP contribution in [-0.4, -0.2) is 33.9 Å². The van der Waals surface area contributed by atoms with Crippen LogP contribution in [0.15, 0.2) is 34.2 Å². The van der Waals surface area contributed by atoms with Gasteiger partial charge in [-0.25, -0.2) is 4.98 Å². The second-order valence-electron chi connectivity index (χ2n) is 5.66. The second kappa shape index (κ2) is 7.92. The number of methoxy groups -OCH3 is 1. The lowest BCUT2D eigenvalue weighted by molar-refractivity contribution is -0.137. The Hall–Kier alpha value is -2.32. The Morgan fingerprint density at radius 1 is 1.42 bits per heavy atom. The third kappa shape index (κ3) is 3.91. The van der Waals surface area contributed by atoms with E-state index in [1.165, 1.54) is 23.1 Å². The highest BCUT2D eigenvalue weighted by Crippen LogP contribution is 2.37. The minimum absolute atomic E-state index is 0.109. The SMILES string of the molecule is COc1cccc(-c2c(C)sc3nc(SCCCC(=O)O)[nH]c(=O)c23)c1. The third-order valence-electron chi connectivity index (χ3n) is 3.85. The predicted octanol–water partition coefficient (Wildman–Crippen LogP) is 3.93. The third-order valence-corrected chi connectivity index (χ3v) is 5.81. The number of aromatic nitrogens is 2. The molecule has 2 heterocycles. The van der Waals surface area contributed by atoms with Crippen LogP contribution in [0.3, 0.4) is 0 Å². The maximum Gasteiger partial charge on any atom is 0.303 e. The number of aliphatic carboxylic acids is 1. The van der Waals surface area contributed by atoms with Crippen LogP contribution in [0.4, 0.5) is 0 Å². The highest BCUT2D eigenvalue weighted by atomic mass is 32.2. The first kappa shape index (κ1) is 18.5. The van der Waals surface area contributed by atoms with E-state index in [1.54, 1.807) is 7.11 Å². The van der Waals surface area contributed by atoms with Crippen LogP contribution in [0.1, 0.15) is 17.7 Å². The van der Waals surface area contributed by atoms with Crippen molar-refractivity contribution in [2.75, 3.05) is 12.9 Å². The fourth-order valence-corrected chi connectivity index (χ4v) is 4.59. The molecule has 0 aliphatic heterocycles. The Labute approximate surface area is 158 Å². The molecule has 0 fully saturated rings. The molecular formula is C18H18N2O4S2. The molecule has 3 aromatic rings. The van der Waals surface area contributed by atoms with Crippen molar-refractivity contribution in [3.8, 4) is 16.9 Å². The molecule has 0 aliphatic rings. The zero-order chi connectivity index (χ0) is 18.7. The van der Waals surface area contributed by atoms with Crippen molar-refractivity contribution >= 4 is 39.3 Å². The van der Waals surface area contributed by atoms with Gasteiger partial charge in [-0.05, 0) is 31.0 Å². The lowest BCUT2D eigenvalue weighted by atomic mass is 10.0. The number of ether oxygens (including phenoxy) is 1. The number of aryl methyl sites for hydroxylation is 1. The minimum atomic E-state index is -0.820. The molecular weight excluding hydrogens is 372 g/mol. The average molecular weight is 390 g/mol. The molecule has 136 valence electrons. The molecule has 0 spiro atoms. The van der Waals surface area contributed by atoms with E-state index in [1.807, 2.05) is 31.2 Å². The Morgan fingerprint density at radius 3 is 2.96 bits per heavy atom. The maximum absolute atomic E-state index is 12.7. The van der Waals surface area contributed by atoms with Gasteiger partial charge in [0, 0.05) is 22.6 Å². The van der Waals surface area contributed by atoms with E-state index < -0.39 is 5.97 Å². The molecule has 6 nitrogen and oxygen atoms in total. The molecule has 26 heavy (non-hydrogen) atoms. The molecule has 0 radical (unpaired) electrons. The average Bonchev–Trinajstić information content (AvgIpc) is 2.95. The van der Waals surface area contributed by atoms with E-state index in [9.17, 15) is 9.59 Å². The van der Waals surface area contributed by atoms with Crippen LogP contribution < -0.4 is 10.3 Å². The normalized spacial score (nSPS) is 11.0. The first-order chi connectivity index (χ1) is 12.5. The van der Waals surface area contributed by atoms with Crippen molar-refractivity contribution < 1.29 is 14.6 Å². The van der Waals surface area contributed by atoms with E-state index in [0.29, 0.717) is 27.5 Å². The van der Waals surface area contributed by atoms with E-state index in [2.05, 4.69) is 9.97 Å². The predicted molar refractivity (Wildman–Crippen MR) is 105 cm³/mol. The molecule has 0 unspecified atom stereocenters. The summed E-state index contributed by atoms with van der Waals surface area (Å²) in [7, 11) is 1.61. The standard InChI is InChI=1S/C18H18N2O4S2/c1-10-14(11-5-3-6-12(9-11)24-2)15-16(23)19-18(20-17(15)26-10)25-8-4-7-13(21)22/h3,5-6,9H,4,7-8H2,1-2H3,(H,21,22)(H,19,20,23). The Bertz CT molecular complexity index is 1010. The number of hydrogen-bond donors (Lipinski definition) is 2. The molecule has 0 amide bonds. The molecule has 0 saturated heterocycles. The van der Waals surface area contributed by atoms with Crippen LogP contribution in [0, 0.1) is 6.92 Å². The summed E-state index contributed by atoms with van der Waals surface area (Å²) in [6, 6.07) is 7.61. The number of carbonyl (C=O) groups is 1. The van der Waals surface area contributed by atoms with E-state index in [4.69, 9.17) is 9.84 Å². The van der Waals surface area contributed by atoms with Gasteiger partial charge in [0.25, 0.3) is 5.56 Å². The molecule has 0 bridgehead atoms. The van der Waals surface area contributed by atoms with Gasteiger partial charge in [-0.3, -0.25) is 9.59 Å². The van der Waals surface area contributed by atoms with Gasteiger partial charge < -0.3 is 14.8 Å². The molecule has 2 N–H and O–H groups in total. The lowest BCUT2D eigenvalue weighted by Gasteiger charge is -2.05. The largest absolute Gasteiger partial charge is 0.497 e. The minimum Gasteiger partial charge on any atom is -0.497 e. The highest BCUT2D eigenvalue weighted by molar-refractivity contribution is 7.99. The summed E-state index contributed by atoms with van der Waals surface area (Å²) < 4.78 is 5.28. The number of benzene rings is 1. The summed E-state index contributed by atoms with van der Waals surface area (Å²) in [6.07, 6.45) is 0.637. The van der Waals surface area contributed by atoms with Crippen LogP contribution in [0.5, 0.6) is 5.75 Å². The second-order valence-corrected chi connectivity index (χ2v) is 7.95. The smallest absolute Gasteiger partial charge is 0.303 e. The van der Waals surface area contributed by atoms with E-state index >= 15 is 0 Å². The van der Waals surface area contributed by atoms with Crippen molar-refractivity contribution in [1.82, 2.24) is 9.97 Å². The molecule has 0 saturated carbocycles. The number of nitrogens with zero attached hydrogens (tertiary/aromatic N) is 1. The highest BCUT2D eigenvalue weighted by Gasteiger charge is 2.17. The van der Waals surface area contributed by atoms with Crippen molar-refractivity contribution in [3.63, 3.8) is 0 Å². The fraction of sp³-hybridized carbons (Fsp3) is 0.278. The fourth-order valence-electron chi connectivity index (χ4n) is 2.69. The van der Waals surface area contributed by atoms with Gasteiger partial charge in [-0.15, -0.1) is 11.3 Å². The van der Waals surface area contributed by atoms with Crippen molar-refractivity contribution in [3.05, 3.63) is 39.5 Å². The summed E-state index contributed by atoms with van der Waals surface area (Å²) in [6.45, 7) is 1.97. The molecule has 2 aromatic heterocycles. The summed E-state index contributed by atoms with van der Waals surface area (Å²) in [4.78, 5) is 32.3. The number of carboxylic acid groups (broad SMARTS) is 1. The number of H-pyrrole nitrogens is 1. The van der Waals surface area contributed by atoms with Gasteiger partial charge in [0.2, 0.25) is 0 Å². The quantitative estimate of drug-likeness (QED) is 0.361. The van der Waals surface area contributed by atoms with E-state index in [-0.39, 0.29) is 12.0 Å². The Balaban J connectivity index is 1.96. The summed E-state index contributed by atoms with van der Waals surface area (Å²) in [5.41, 5.74) is 1.61. The van der Waals surface area contributed by atoms with Gasteiger partial charge in [-0.2, -0.15) is 0 Å².